The first-order valence-corrected chi connectivity index (χ1v) is 8.99. The summed E-state index contributed by atoms with van der Waals surface area (Å²) in [4.78, 5) is 20.3. The van der Waals surface area contributed by atoms with Gasteiger partial charge in [-0.05, 0) is 47.9 Å². The van der Waals surface area contributed by atoms with Crippen LogP contribution in [0.3, 0.4) is 0 Å². The van der Waals surface area contributed by atoms with Gasteiger partial charge in [-0.1, -0.05) is 13.8 Å². The Labute approximate surface area is 165 Å². The molecule has 0 bridgehead atoms. The molecule has 0 saturated heterocycles. The van der Waals surface area contributed by atoms with Gasteiger partial charge in [-0.25, -0.2) is 23.4 Å². The summed E-state index contributed by atoms with van der Waals surface area (Å²) in [7, 11) is 0. The number of benzene rings is 1. The Morgan fingerprint density at radius 1 is 1.07 bits per heavy atom. The van der Waals surface area contributed by atoms with Crippen LogP contribution in [0.4, 0.5) is 14.5 Å². The smallest absolute Gasteiger partial charge is 0.274 e. The number of carbonyl (C=O) groups is 1. The molecule has 0 spiro atoms. The minimum atomic E-state index is -0.536. The van der Waals surface area contributed by atoms with Crippen molar-refractivity contribution >= 4 is 22.6 Å². The van der Waals surface area contributed by atoms with E-state index in [1.54, 1.807) is 12.4 Å². The molecule has 3 heterocycles. The molecule has 0 fully saturated rings. The number of rotatable bonds is 4. The molecular formula is C21H17F2N5O. The Kier molecular flexibility index (Phi) is 4.75. The molecule has 0 unspecified atom stereocenters. The van der Waals surface area contributed by atoms with Gasteiger partial charge in [0.2, 0.25) is 0 Å². The Morgan fingerprint density at radius 2 is 1.90 bits per heavy atom. The normalized spacial score (nSPS) is 11.2. The topological polar surface area (TPSA) is 72.7 Å². The highest BCUT2D eigenvalue weighted by atomic mass is 19.1. The van der Waals surface area contributed by atoms with Crippen LogP contribution in [0.2, 0.25) is 0 Å². The summed E-state index contributed by atoms with van der Waals surface area (Å²) in [6, 6.07) is 8.52. The fraction of sp³-hybridized carbons (Fsp3) is 0.143. The lowest BCUT2D eigenvalue weighted by atomic mass is 10.1. The van der Waals surface area contributed by atoms with Gasteiger partial charge in [-0.15, -0.1) is 5.10 Å². The van der Waals surface area contributed by atoms with Crippen molar-refractivity contribution in [1.82, 2.24) is 19.7 Å². The molecule has 0 radical (unpaired) electrons. The minimum Gasteiger partial charge on any atom is -0.321 e. The van der Waals surface area contributed by atoms with Crippen molar-refractivity contribution in [3.63, 3.8) is 0 Å². The van der Waals surface area contributed by atoms with Crippen LogP contribution in [0, 0.1) is 11.6 Å². The number of hydrogen-bond donors (Lipinski definition) is 1. The zero-order chi connectivity index (χ0) is 20.5. The average Bonchev–Trinajstić information content (AvgIpc) is 3.13. The molecule has 146 valence electrons. The van der Waals surface area contributed by atoms with Crippen LogP contribution in [0.25, 0.3) is 16.7 Å². The molecule has 3 aromatic heterocycles. The van der Waals surface area contributed by atoms with Gasteiger partial charge in [0, 0.05) is 23.5 Å². The molecule has 4 aromatic rings. The minimum absolute atomic E-state index is 0.0486. The number of nitrogens with one attached hydrogen (secondary N) is 1. The van der Waals surface area contributed by atoms with E-state index in [1.807, 2.05) is 6.07 Å². The lowest BCUT2D eigenvalue weighted by Gasteiger charge is -2.08. The number of amides is 1. The molecule has 0 atom stereocenters. The van der Waals surface area contributed by atoms with Crippen LogP contribution in [0.5, 0.6) is 0 Å². The molecule has 29 heavy (non-hydrogen) atoms. The summed E-state index contributed by atoms with van der Waals surface area (Å²) >= 11 is 0. The van der Waals surface area contributed by atoms with Crippen molar-refractivity contribution in [2.75, 3.05) is 5.32 Å². The van der Waals surface area contributed by atoms with E-state index in [4.69, 9.17) is 0 Å². The summed E-state index contributed by atoms with van der Waals surface area (Å²) in [5.41, 5.74) is 2.13. The third-order valence-electron chi connectivity index (χ3n) is 4.46. The lowest BCUT2D eigenvalue weighted by Crippen LogP contribution is -2.14. The Balaban J connectivity index is 1.65. The maximum absolute atomic E-state index is 14.4. The van der Waals surface area contributed by atoms with Crippen molar-refractivity contribution in [2.45, 2.75) is 19.8 Å². The molecule has 8 heteroatoms. The fourth-order valence-electron chi connectivity index (χ4n) is 2.84. The Bertz CT molecular complexity index is 1200. The van der Waals surface area contributed by atoms with Gasteiger partial charge >= 0.3 is 0 Å². The summed E-state index contributed by atoms with van der Waals surface area (Å²) in [5, 5.41) is 7.75. The predicted octanol–water partition coefficient (Wildman–Crippen LogP) is 4.47. The second-order valence-corrected chi connectivity index (χ2v) is 6.89. The second-order valence-electron chi connectivity index (χ2n) is 6.89. The number of nitrogens with zero attached hydrogens (tertiary/aromatic N) is 4. The molecule has 0 aliphatic heterocycles. The Hall–Kier alpha value is -3.68. The number of aromatic nitrogens is 4. The van der Waals surface area contributed by atoms with E-state index >= 15 is 0 Å². The number of halogens is 2. The number of hydrogen-bond acceptors (Lipinski definition) is 4. The molecule has 4 rings (SSSR count). The summed E-state index contributed by atoms with van der Waals surface area (Å²) < 4.78 is 28.8. The standard InChI is InChI=1S/C21H17F2N5O/c1-12(2)13-7-14-11-28(27-20(14)25-9-13)19-8-16(4-5-17(19)23)26-21(29)18-6-3-15(22)10-24-18/h3-12H,1-2H3,(H,26,29). The SMILES string of the molecule is CC(C)c1cnc2nn(-c3cc(NC(=O)c4ccc(F)cn4)ccc3F)cc2c1. The Morgan fingerprint density at radius 3 is 2.62 bits per heavy atom. The van der Waals surface area contributed by atoms with E-state index in [0.717, 1.165) is 23.2 Å². The van der Waals surface area contributed by atoms with E-state index in [1.165, 1.54) is 28.9 Å². The van der Waals surface area contributed by atoms with Gasteiger partial charge in [-0.3, -0.25) is 4.79 Å². The largest absolute Gasteiger partial charge is 0.321 e. The van der Waals surface area contributed by atoms with Crippen LogP contribution in [0.1, 0.15) is 35.8 Å². The third kappa shape index (κ3) is 3.82. The first-order valence-electron chi connectivity index (χ1n) is 8.99. The molecular weight excluding hydrogens is 376 g/mol. The van der Waals surface area contributed by atoms with E-state index in [0.29, 0.717) is 17.3 Å². The fourth-order valence-corrected chi connectivity index (χ4v) is 2.84. The van der Waals surface area contributed by atoms with Gasteiger partial charge in [0.25, 0.3) is 5.91 Å². The zero-order valence-electron chi connectivity index (χ0n) is 15.7. The first-order chi connectivity index (χ1) is 13.9. The zero-order valence-corrected chi connectivity index (χ0v) is 15.7. The van der Waals surface area contributed by atoms with E-state index < -0.39 is 17.5 Å². The van der Waals surface area contributed by atoms with Crippen molar-refractivity contribution in [2.24, 2.45) is 0 Å². The summed E-state index contributed by atoms with van der Waals surface area (Å²) in [5.74, 6) is -1.26. The molecule has 6 nitrogen and oxygen atoms in total. The van der Waals surface area contributed by atoms with Gasteiger partial charge in [0.15, 0.2) is 5.65 Å². The van der Waals surface area contributed by atoms with Gasteiger partial charge in [0.05, 0.1) is 6.20 Å². The van der Waals surface area contributed by atoms with Gasteiger partial charge in [-0.2, -0.15) is 0 Å². The van der Waals surface area contributed by atoms with Crippen LogP contribution < -0.4 is 5.32 Å². The van der Waals surface area contributed by atoms with E-state index in [-0.39, 0.29) is 11.4 Å². The molecule has 1 N–H and O–H groups in total. The van der Waals surface area contributed by atoms with Crippen LogP contribution >= 0.6 is 0 Å². The molecule has 0 aliphatic carbocycles. The molecule has 1 aromatic carbocycles. The van der Waals surface area contributed by atoms with Crippen LogP contribution in [-0.2, 0) is 0 Å². The molecule has 1 amide bonds. The maximum atomic E-state index is 14.4. The molecule has 0 saturated carbocycles. The summed E-state index contributed by atoms with van der Waals surface area (Å²) in [6.45, 7) is 4.13. The van der Waals surface area contributed by atoms with Crippen molar-refractivity contribution in [1.29, 1.82) is 0 Å². The van der Waals surface area contributed by atoms with Crippen LogP contribution in [0.15, 0.2) is 55.0 Å². The van der Waals surface area contributed by atoms with E-state index in [9.17, 15) is 13.6 Å². The monoisotopic (exact) mass is 393 g/mol. The number of fused-ring (bicyclic) bond motifs is 1. The van der Waals surface area contributed by atoms with Crippen molar-refractivity contribution < 1.29 is 13.6 Å². The van der Waals surface area contributed by atoms with Crippen LogP contribution in [-0.4, -0.2) is 25.7 Å². The third-order valence-corrected chi connectivity index (χ3v) is 4.46. The lowest BCUT2D eigenvalue weighted by molar-refractivity contribution is 0.102. The highest BCUT2D eigenvalue weighted by Gasteiger charge is 2.13. The van der Waals surface area contributed by atoms with Crippen molar-refractivity contribution in [3.05, 3.63) is 77.9 Å². The number of anilines is 1. The number of carbonyl (C=O) groups excluding carboxylic acids is 1. The predicted molar refractivity (Wildman–Crippen MR) is 105 cm³/mol. The highest BCUT2D eigenvalue weighted by molar-refractivity contribution is 6.02. The quantitative estimate of drug-likeness (QED) is 0.555. The average molecular weight is 393 g/mol. The number of pyridine rings is 2. The highest BCUT2D eigenvalue weighted by Crippen LogP contribution is 2.23. The van der Waals surface area contributed by atoms with E-state index in [2.05, 4.69) is 34.2 Å². The maximum Gasteiger partial charge on any atom is 0.274 e. The first kappa shape index (κ1) is 18.7. The van der Waals surface area contributed by atoms with Gasteiger partial charge < -0.3 is 5.32 Å². The van der Waals surface area contributed by atoms with Gasteiger partial charge in [0.1, 0.15) is 23.0 Å². The molecule has 0 aliphatic rings. The second kappa shape index (κ2) is 7.38. The van der Waals surface area contributed by atoms with Crippen molar-refractivity contribution in [3.8, 4) is 5.69 Å². The summed E-state index contributed by atoms with van der Waals surface area (Å²) in [6.07, 6.45) is 4.41.